The minimum atomic E-state index is -0.432. The van der Waals surface area contributed by atoms with E-state index in [0.717, 1.165) is 16.6 Å². The predicted molar refractivity (Wildman–Crippen MR) is 79.5 cm³/mol. The summed E-state index contributed by atoms with van der Waals surface area (Å²) in [5, 5.41) is 2.58. The van der Waals surface area contributed by atoms with Crippen LogP contribution in [0.15, 0.2) is 48.8 Å². The number of benzene rings is 2. The minimum Gasteiger partial charge on any atom is -0.322 e. The molecule has 0 atom stereocenters. The van der Waals surface area contributed by atoms with Gasteiger partial charge in [0.1, 0.15) is 12.4 Å². The number of nitrogens with zero attached hydrogens (tertiary/aromatic N) is 2. The lowest BCUT2D eigenvalue weighted by Gasteiger charge is -2.08. The molecule has 4 nitrogen and oxygen atoms in total. The molecular formula is C16H14FN3O. The van der Waals surface area contributed by atoms with Gasteiger partial charge in [-0.3, -0.25) is 4.79 Å². The molecular weight excluding hydrogens is 269 g/mol. The van der Waals surface area contributed by atoms with Crippen LogP contribution in [0.4, 0.5) is 10.1 Å². The van der Waals surface area contributed by atoms with Gasteiger partial charge in [-0.15, -0.1) is 0 Å². The van der Waals surface area contributed by atoms with Crippen LogP contribution < -0.4 is 5.32 Å². The summed E-state index contributed by atoms with van der Waals surface area (Å²) in [6, 6.07) is 12.3. The third kappa shape index (κ3) is 2.76. The first kappa shape index (κ1) is 13.3. The summed E-state index contributed by atoms with van der Waals surface area (Å²) in [4.78, 5) is 16.3. The molecule has 0 unspecified atom stereocenters. The second-order valence-electron chi connectivity index (χ2n) is 4.89. The van der Waals surface area contributed by atoms with Crippen molar-refractivity contribution in [3.8, 4) is 0 Å². The minimum absolute atomic E-state index is 0.0911. The summed E-state index contributed by atoms with van der Waals surface area (Å²) >= 11 is 0. The first-order valence-corrected chi connectivity index (χ1v) is 6.59. The summed E-state index contributed by atoms with van der Waals surface area (Å²) in [6.45, 7) is 1.89. The van der Waals surface area contributed by atoms with E-state index in [1.807, 2.05) is 24.3 Å². The van der Waals surface area contributed by atoms with Gasteiger partial charge < -0.3 is 9.88 Å². The van der Waals surface area contributed by atoms with Gasteiger partial charge in [-0.1, -0.05) is 18.2 Å². The van der Waals surface area contributed by atoms with Crippen molar-refractivity contribution in [2.75, 3.05) is 5.32 Å². The molecule has 0 saturated carbocycles. The molecule has 0 radical (unpaired) electrons. The van der Waals surface area contributed by atoms with Crippen LogP contribution in [-0.4, -0.2) is 15.5 Å². The highest BCUT2D eigenvalue weighted by molar-refractivity contribution is 5.91. The topological polar surface area (TPSA) is 46.9 Å². The number of aryl methyl sites for hydroxylation is 1. The second-order valence-corrected chi connectivity index (χ2v) is 4.89. The number of carbonyl (C=O) groups is 1. The molecule has 0 bridgehead atoms. The quantitative estimate of drug-likeness (QED) is 0.802. The van der Waals surface area contributed by atoms with Gasteiger partial charge in [-0.05, 0) is 36.8 Å². The number of imidazole rings is 1. The van der Waals surface area contributed by atoms with Crippen molar-refractivity contribution < 1.29 is 9.18 Å². The lowest BCUT2D eigenvalue weighted by Crippen LogP contribution is -2.19. The van der Waals surface area contributed by atoms with Crippen LogP contribution in [0.1, 0.15) is 5.56 Å². The Hall–Kier alpha value is -2.69. The molecule has 0 aliphatic heterocycles. The number of rotatable bonds is 3. The standard InChI is InChI=1S/C16H14FN3O/c1-11-6-7-13(12(17)8-11)19-16(21)9-20-10-18-14-4-2-3-5-15(14)20/h2-8,10H,9H2,1H3,(H,19,21). The fraction of sp³-hybridized carbons (Fsp3) is 0.125. The normalized spacial score (nSPS) is 10.8. The molecule has 0 fully saturated rings. The van der Waals surface area contributed by atoms with Crippen LogP contribution in [0.2, 0.25) is 0 Å². The Morgan fingerprint density at radius 3 is 2.90 bits per heavy atom. The molecule has 1 amide bonds. The number of aromatic nitrogens is 2. The summed E-state index contributed by atoms with van der Waals surface area (Å²) in [5.41, 5.74) is 2.70. The van der Waals surface area contributed by atoms with Gasteiger partial charge in [0, 0.05) is 0 Å². The molecule has 2 aromatic carbocycles. The van der Waals surface area contributed by atoms with E-state index in [4.69, 9.17) is 0 Å². The van der Waals surface area contributed by atoms with E-state index >= 15 is 0 Å². The number of fused-ring (bicyclic) bond motifs is 1. The van der Waals surface area contributed by atoms with Gasteiger partial charge >= 0.3 is 0 Å². The van der Waals surface area contributed by atoms with Crippen molar-refractivity contribution in [1.82, 2.24) is 9.55 Å². The van der Waals surface area contributed by atoms with Crippen LogP contribution in [0.5, 0.6) is 0 Å². The zero-order chi connectivity index (χ0) is 14.8. The number of carbonyl (C=O) groups excluding carboxylic acids is 1. The van der Waals surface area contributed by atoms with Crippen LogP contribution >= 0.6 is 0 Å². The maximum Gasteiger partial charge on any atom is 0.244 e. The summed E-state index contributed by atoms with van der Waals surface area (Å²) in [7, 11) is 0. The lowest BCUT2D eigenvalue weighted by atomic mass is 10.2. The van der Waals surface area contributed by atoms with Gasteiger partial charge in [0.2, 0.25) is 5.91 Å². The first-order valence-electron chi connectivity index (χ1n) is 6.59. The smallest absolute Gasteiger partial charge is 0.244 e. The average molecular weight is 283 g/mol. The number of amides is 1. The number of anilines is 1. The summed E-state index contributed by atoms with van der Waals surface area (Å²) in [6.07, 6.45) is 1.61. The molecule has 0 saturated heterocycles. The molecule has 1 aromatic heterocycles. The highest BCUT2D eigenvalue weighted by atomic mass is 19.1. The number of para-hydroxylation sites is 2. The van der Waals surface area contributed by atoms with E-state index in [2.05, 4.69) is 10.3 Å². The molecule has 3 rings (SSSR count). The zero-order valence-electron chi connectivity index (χ0n) is 11.5. The Balaban J connectivity index is 1.77. The van der Waals surface area contributed by atoms with Crippen molar-refractivity contribution in [1.29, 1.82) is 0 Å². The van der Waals surface area contributed by atoms with Crippen molar-refractivity contribution >= 4 is 22.6 Å². The maximum absolute atomic E-state index is 13.7. The van der Waals surface area contributed by atoms with Crippen LogP contribution in [0, 0.1) is 12.7 Å². The Morgan fingerprint density at radius 1 is 1.29 bits per heavy atom. The van der Waals surface area contributed by atoms with Crippen LogP contribution in [-0.2, 0) is 11.3 Å². The Morgan fingerprint density at radius 2 is 2.10 bits per heavy atom. The number of hydrogen-bond acceptors (Lipinski definition) is 2. The molecule has 0 spiro atoms. The SMILES string of the molecule is Cc1ccc(NC(=O)Cn2cnc3ccccc32)c(F)c1. The van der Waals surface area contributed by atoms with Crippen molar-refractivity contribution in [3.05, 3.63) is 60.2 Å². The van der Waals surface area contributed by atoms with Gasteiger partial charge in [0.05, 0.1) is 23.0 Å². The van der Waals surface area contributed by atoms with E-state index in [1.54, 1.807) is 30.0 Å². The number of nitrogens with one attached hydrogen (secondary N) is 1. The Labute approximate surface area is 121 Å². The molecule has 5 heteroatoms. The third-order valence-corrected chi connectivity index (χ3v) is 3.24. The fourth-order valence-corrected chi connectivity index (χ4v) is 2.20. The van der Waals surface area contributed by atoms with Gasteiger partial charge in [0.25, 0.3) is 0 Å². The average Bonchev–Trinajstić information content (AvgIpc) is 2.85. The highest BCUT2D eigenvalue weighted by Crippen LogP contribution is 2.16. The van der Waals surface area contributed by atoms with Gasteiger partial charge in [-0.25, -0.2) is 9.37 Å². The second kappa shape index (κ2) is 5.36. The van der Waals surface area contributed by atoms with E-state index in [0.29, 0.717) is 0 Å². The van der Waals surface area contributed by atoms with Crippen LogP contribution in [0.3, 0.4) is 0 Å². The van der Waals surface area contributed by atoms with E-state index in [1.165, 1.54) is 6.07 Å². The molecule has 3 aromatic rings. The monoisotopic (exact) mass is 283 g/mol. The van der Waals surface area contributed by atoms with Crippen molar-refractivity contribution in [3.63, 3.8) is 0 Å². The molecule has 0 aliphatic rings. The largest absolute Gasteiger partial charge is 0.322 e. The lowest BCUT2D eigenvalue weighted by molar-refractivity contribution is -0.116. The first-order chi connectivity index (χ1) is 10.1. The van der Waals surface area contributed by atoms with Crippen LogP contribution in [0.25, 0.3) is 11.0 Å². The molecule has 0 aliphatic carbocycles. The number of hydrogen-bond donors (Lipinski definition) is 1. The molecule has 1 heterocycles. The van der Waals surface area contributed by atoms with E-state index in [-0.39, 0.29) is 18.1 Å². The van der Waals surface area contributed by atoms with Gasteiger partial charge in [0.15, 0.2) is 0 Å². The van der Waals surface area contributed by atoms with Crippen molar-refractivity contribution in [2.24, 2.45) is 0 Å². The van der Waals surface area contributed by atoms with E-state index in [9.17, 15) is 9.18 Å². The van der Waals surface area contributed by atoms with E-state index < -0.39 is 5.82 Å². The number of halogens is 1. The Kier molecular flexibility index (Phi) is 3.39. The fourth-order valence-electron chi connectivity index (χ4n) is 2.20. The molecule has 106 valence electrons. The summed E-state index contributed by atoms with van der Waals surface area (Å²) < 4.78 is 15.4. The summed E-state index contributed by atoms with van der Waals surface area (Å²) in [5.74, 6) is -0.722. The maximum atomic E-state index is 13.7. The molecule has 1 N–H and O–H groups in total. The third-order valence-electron chi connectivity index (χ3n) is 3.24. The zero-order valence-corrected chi connectivity index (χ0v) is 11.5. The molecule has 21 heavy (non-hydrogen) atoms. The highest BCUT2D eigenvalue weighted by Gasteiger charge is 2.09. The van der Waals surface area contributed by atoms with Gasteiger partial charge in [-0.2, -0.15) is 0 Å². The van der Waals surface area contributed by atoms with Crippen molar-refractivity contribution in [2.45, 2.75) is 13.5 Å². The Bertz CT molecular complexity index is 810. The predicted octanol–water partition coefficient (Wildman–Crippen LogP) is 3.12.